The van der Waals surface area contributed by atoms with Gasteiger partial charge in [0.1, 0.15) is 0 Å². The Balaban J connectivity index is 1.74. The first kappa shape index (κ1) is 13.5. The van der Waals surface area contributed by atoms with Crippen molar-refractivity contribution in [3.63, 3.8) is 0 Å². The lowest BCUT2D eigenvalue weighted by Crippen LogP contribution is -2.41. The number of hydrogen-bond donors (Lipinski definition) is 1. The molecule has 0 aromatic carbocycles. The molecule has 2 fully saturated rings. The molecule has 0 spiro atoms. The number of hydrogen-bond acceptors (Lipinski definition) is 2. The molecular weight excluding hydrogens is 230 g/mol. The van der Waals surface area contributed by atoms with Gasteiger partial charge in [0.25, 0.3) is 0 Å². The highest BCUT2D eigenvalue weighted by atomic mass is 32.2. The molecule has 2 rings (SSSR count). The Morgan fingerprint density at radius 2 is 1.88 bits per heavy atom. The molecule has 17 heavy (non-hydrogen) atoms. The van der Waals surface area contributed by atoms with Crippen LogP contribution in [0.3, 0.4) is 0 Å². The summed E-state index contributed by atoms with van der Waals surface area (Å²) in [5, 5.41) is 3.93. The zero-order chi connectivity index (χ0) is 12.3. The van der Waals surface area contributed by atoms with Gasteiger partial charge in [-0.15, -0.1) is 0 Å². The summed E-state index contributed by atoms with van der Waals surface area (Å²) in [6.45, 7) is 3.00. The first-order chi connectivity index (χ1) is 8.16. The van der Waals surface area contributed by atoms with Crippen LogP contribution >= 0.6 is 0 Å². The minimum absolute atomic E-state index is 0.291. The van der Waals surface area contributed by atoms with Gasteiger partial charge in [-0.2, -0.15) is 0 Å². The molecule has 0 aromatic heterocycles. The quantitative estimate of drug-likeness (QED) is 0.839. The molecule has 5 atom stereocenters. The van der Waals surface area contributed by atoms with Crippen LogP contribution in [0.25, 0.3) is 0 Å². The lowest BCUT2D eigenvalue weighted by molar-refractivity contribution is 0.144. The van der Waals surface area contributed by atoms with Crippen molar-refractivity contribution in [1.82, 2.24) is 5.32 Å². The lowest BCUT2D eigenvalue weighted by Gasteiger charge is -2.39. The molecule has 0 aromatic rings. The zero-order valence-electron chi connectivity index (χ0n) is 11.3. The summed E-state index contributed by atoms with van der Waals surface area (Å²) in [6, 6.07) is 0.695. The standard InChI is InChI=1S/C14H27NOS/c1-11(17(2)16)10-15-14-8-7-12-5-3-4-6-13(12)9-14/h11-15H,3-10H2,1-2H3. The topological polar surface area (TPSA) is 29.1 Å². The molecule has 0 heterocycles. The molecule has 5 unspecified atom stereocenters. The SMILES string of the molecule is CC(CNC1CCC2CCCCC2C1)S(C)=O. The summed E-state index contributed by atoms with van der Waals surface area (Å²) in [5.41, 5.74) is 0. The van der Waals surface area contributed by atoms with E-state index >= 15 is 0 Å². The van der Waals surface area contributed by atoms with E-state index in [1.54, 1.807) is 0 Å². The van der Waals surface area contributed by atoms with Crippen molar-refractivity contribution < 1.29 is 4.21 Å². The highest BCUT2D eigenvalue weighted by Crippen LogP contribution is 2.40. The van der Waals surface area contributed by atoms with Crippen LogP contribution in [0.4, 0.5) is 0 Å². The second-order valence-corrected chi connectivity index (χ2v) is 7.83. The van der Waals surface area contributed by atoms with E-state index in [4.69, 9.17) is 0 Å². The molecule has 0 saturated heterocycles. The van der Waals surface area contributed by atoms with Crippen LogP contribution in [0.1, 0.15) is 51.9 Å². The maximum atomic E-state index is 11.3. The Bertz CT molecular complexity index is 269. The van der Waals surface area contributed by atoms with Crippen LogP contribution in [0.2, 0.25) is 0 Å². The van der Waals surface area contributed by atoms with Crippen LogP contribution in [-0.2, 0) is 10.8 Å². The molecule has 2 aliphatic rings. The third-order valence-corrected chi connectivity index (χ3v) is 6.10. The van der Waals surface area contributed by atoms with E-state index in [2.05, 4.69) is 12.2 Å². The van der Waals surface area contributed by atoms with E-state index in [1.165, 1.54) is 44.9 Å². The highest BCUT2D eigenvalue weighted by Gasteiger charge is 2.31. The fourth-order valence-electron chi connectivity index (χ4n) is 3.51. The summed E-state index contributed by atoms with van der Waals surface area (Å²) in [4.78, 5) is 0. The van der Waals surface area contributed by atoms with E-state index < -0.39 is 10.8 Å². The fourth-order valence-corrected chi connectivity index (χ4v) is 3.84. The Kier molecular flexibility index (Phi) is 5.04. The van der Waals surface area contributed by atoms with Crippen molar-refractivity contribution in [1.29, 1.82) is 0 Å². The van der Waals surface area contributed by atoms with Gasteiger partial charge in [-0.05, 0) is 38.0 Å². The minimum atomic E-state index is -0.685. The van der Waals surface area contributed by atoms with Gasteiger partial charge in [0.2, 0.25) is 0 Å². The molecule has 0 bridgehead atoms. The number of rotatable bonds is 4. The third-order valence-electron chi connectivity index (χ3n) is 4.80. The van der Waals surface area contributed by atoms with Gasteiger partial charge in [-0.1, -0.05) is 25.7 Å². The summed E-state index contributed by atoms with van der Waals surface area (Å²) >= 11 is 0. The van der Waals surface area contributed by atoms with Gasteiger partial charge < -0.3 is 5.32 Å². The molecule has 2 nitrogen and oxygen atoms in total. The second-order valence-electron chi connectivity index (χ2n) is 6.03. The summed E-state index contributed by atoms with van der Waals surface area (Å²) in [6.07, 6.45) is 11.8. The maximum absolute atomic E-state index is 11.3. The van der Waals surface area contributed by atoms with Gasteiger partial charge >= 0.3 is 0 Å². The second kappa shape index (κ2) is 6.33. The maximum Gasteiger partial charge on any atom is 0.0441 e. The molecule has 1 N–H and O–H groups in total. The average molecular weight is 257 g/mol. The van der Waals surface area contributed by atoms with Gasteiger partial charge in [0.05, 0.1) is 0 Å². The van der Waals surface area contributed by atoms with Crippen molar-refractivity contribution in [2.75, 3.05) is 12.8 Å². The van der Waals surface area contributed by atoms with Crippen LogP contribution in [-0.4, -0.2) is 28.3 Å². The molecule has 100 valence electrons. The van der Waals surface area contributed by atoms with Crippen molar-refractivity contribution >= 4 is 10.8 Å². The smallest absolute Gasteiger partial charge is 0.0441 e. The number of nitrogens with one attached hydrogen (secondary N) is 1. The highest BCUT2D eigenvalue weighted by molar-refractivity contribution is 7.84. The van der Waals surface area contributed by atoms with E-state index in [-0.39, 0.29) is 0 Å². The molecule has 0 amide bonds. The van der Waals surface area contributed by atoms with Crippen molar-refractivity contribution in [3.05, 3.63) is 0 Å². The first-order valence-electron chi connectivity index (χ1n) is 7.22. The third kappa shape index (κ3) is 3.78. The molecule has 0 radical (unpaired) electrons. The molecule has 3 heteroatoms. The van der Waals surface area contributed by atoms with Gasteiger partial charge in [-0.25, -0.2) is 0 Å². The minimum Gasteiger partial charge on any atom is -0.313 e. The van der Waals surface area contributed by atoms with E-state index in [0.717, 1.165) is 18.4 Å². The Labute approximate surface area is 108 Å². The average Bonchev–Trinajstić information content (AvgIpc) is 2.35. The predicted octanol–water partition coefficient (Wildman–Crippen LogP) is 2.70. The van der Waals surface area contributed by atoms with Gasteiger partial charge in [-0.3, -0.25) is 4.21 Å². The van der Waals surface area contributed by atoms with Crippen LogP contribution in [0.15, 0.2) is 0 Å². The van der Waals surface area contributed by atoms with Crippen molar-refractivity contribution in [2.24, 2.45) is 11.8 Å². The van der Waals surface area contributed by atoms with E-state index in [1.807, 2.05) is 6.26 Å². The molecule has 0 aliphatic heterocycles. The summed E-state index contributed by atoms with van der Waals surface area (Å²) < 4.78 is 11.3. The van der Waals surface area contributed by atoms with Crippen LogP contribution < -0.4 is 5.32 Å². The van der Waals surface area contributed by atoms with Crippen molar-refractivity contribution in [3.8, 4) is 0 Å². The Hall–Kier alpha value is 0.110. The number of fused-ring (bicyclic) bond motifs is 1. The molecular formula is C14H27NOS. The summed E-state index contributed by atoms with van der Waals surface area (Å²) in [7, 11) is -0.685. The molecule has 2 aliphatic carbocycles. The Morgan fingerprint density at radius 1 is 1.18 bits per heavy atom. The zero-order valence-corrected chi connectivity index (χ0v) is 12.1. The van der Waals surface area contributed by atoms with Gasteiger partial charge in [0.15, 0.2) is 0 Å². The normalized spacial score (nSPS) is 37.2. The first-order valence-corrected chi connectivity index (χ1v) is 8.84. The van der Waals surface area contributed by atoms with Crippen LogP contribution in [0, 0.1) is 11.8 Å². The van der Waals surface area contributed by atoms with Gasteiger partial charge in [0, 0.05) is 34.9 Å². The molecule has 2 saturated carbocycles. The van der Waals surface area contributed by atoms with E-state index in [0.29, 0.717) is 11.3 Å². The summed E-state index contributed by atoms with van der Waals surface area (Å²) in [5.74, 6) is 2.01. The van der Waals surface area contributed by atoms with Crippen molar-refractivity contribution in [2.45, 2.75) is 63.2 Å². The fraction of sp³-hybridized carbons (Fsp3) is 1.00. The monoisotopic (exact) mass is 257 g/mol. The van der Waals surface area contributed by atoms with E-state index in [9.17, 15) is 4.21 Å². The Morgan fingerprint density at radius 3 is 2.59 bits per heavy atom. The predicted molar refractivity (Wildman–Crippen MR) is 74.6 cm³/mol. The lowest BCUT2D eigenvalue weighted by atomic mass is 9.69. The van der Waals surface area contributed by atoms with Crippen LogP contribution in [0.5, 0.6) is 0 Å². The largest absolute Gasteiger partial charge is 0.313 e.